The maximum Gasteiger partial charge on any atom is 0.230 e. The summed E-state index contributed by atoms with van der Waals surface area (Å²) in [5.41, 5.74) is 0.849. The highest BCUT2D eigenvalue weighted by Gasteiger charge is 2.17. The summed E-state index contributed by atoms with van der Waals surface area (Å²) in [7, 11) is 0. The summed E-state index contributed by atoms with van der Waals surface area (Å²) in [6, 6.07) is 9.50. The summed E-state index contributed by atoms with van der Waals surface area (Å²) in [5, 5.41) is 11.9. The highest BCUT2D eigenvalue weighted by Crippen LogP contribution is 2.24. The monoisotopic (exact) mass is 374 g/mol. The zero-order chi connectivity index (χ0) is 18.5. The van der Waals surface area contributed by atoms with Gasteiger partial charge in [-0.2, -0.15) is 0 Å². The molecule has 0 aliphatic rings. The zero-order valence-electron chi connectivity index (χ0n) is 14.5. The molecule has 0 radical (unpaired) electrons. The van der Waals surface area contributed by atoms with Gasteiger partial charge in [0.2, 0.25) is 5.91 Å². The van der Waals surface area contributed by atoms with Crippen molar-refractivity contribution >= 4 is 17.7 Å². The Labute approximate surface area is 154 Å². The maximum atomic E-state index is 13.0. The van der Waals surface area contributed by atoms with Crippen LogP contribution < -0.4 is 5.32 Å². The number of thioether (sulfide) groups is 1. The van der Waals surface area contributed by atoms with Gasteiger partial charge in [0.05, 0.1) is 18.1 Å². The van der Waals surface area contributed by atoms with Crippen LogP contribution in [0.4, 0.5) is 4.39 Å². The molecule has 0 saturated heterocycles. The molecule has 1 N–H and O–H groups in total. The third kappa shape index (κ3) is 4.13. The topological polar surface area (TPSA) is 73.0 Å². The number of carbonyl (C=O) groups excluding carboxylic acids is 1. The van der Waals surface area contributed by atoms with Gasteiger partial charge in [-0.3, -0.25) is 9.36 Å². The summed E-state index contributed by atoms with van der Waals surface area (Å²) in [6.07, 6.45) is 1.58. The molecule has 3 aromatic rings. The van der Waals surface area contributed by atoms with Gasteiger partial charge in [0.15, 0.2) is 16.7 Å². The minimum atomic E-state index is -0.297. The van der Waals surface area contributed by atoms with Gasteiger partial charge < -0.3 is 9.73 Å². The first-order chi connectivity index (χ1) is 12.6. The van der Waals surface area contributed by atoms with Gasteiger partial charge in [-0.1, -0.05) is 23.9 Å². The van der Waals surface area contributed by atoms with Crippen LogP contribution in [0.1, 0.15) is 25.5 Å². The minimum Gasteiger partial charge on any atom is -0.461 e. The molecule has 0 bridgehead atoms. The van der Waals surface area contributed by atoms with Crippen molar-refractivity contribution in [3.05, 3.63) is 54.0 Å². The van der Waals surface area contributed by atoms with E-state index in [2.05, 4.69) is 15.5 Å². The quantitative estimate of drug-likeness (QED) is 0.639. The van der Waals surface area contributed by atoms with E-state index < -0.39 is 0 Å². The summed E-state index contributed by atoms with van der Waals surface area (Å²) >= 11 is 1.31. The Morgan fingerprint density at radius 1 is 1.31 bits per heavy atom. The van der Waals surface area contributed by atoms with E-state index in [9.17, 15) is 9.18 Å². The predicted octanol–water partition coefficient (Wildman–Crippen LogP) is 3.67. The van der Waals surface area contributed by atoms with Crippen LogP contribution in [0.25, 0.3) is 11.6 Å². The number of amides is 1. The van der Waals surface area contributed by atoms with Gasteiger partial charge in [-0.05, 0) is 43.7 Å². The van der Waals surface area contributed by atoms with Crippen LogP contribution in [-0.4, -0.2) is 26.4 Å². The fourth-order valence-corrected chi connectivity index (χ4v) is 3.33. The van der Waals surface area contributed by atoms with E-state index in [0.717, 1.165) is 5.56 Å². The molecule has 8 heteroatoms. The van der Waals surface area contributed by atoms with Gasteiger partial charge in [0, 0.05) is 6.54 Å². The average molecular weight is 374 g/mol. The zero-order valence-corrected chi connectivity index (χ0v) is 15.3. The van der Waals surface area contributed by atoms with Crippen LogP contribution >= 0.6 is 11.8 Å². The van der Waals surface area contributed by atoms with Crippen molar-refractivity contribution in [1.82, 2.24) is 20.1 Å². The predicted molar refractivity (Wildman–Crippen MR) is 97.1 cm³/mol. The molecule has 2 heterocycles. The second-order valence-corrected chi connectivity index (χ2v) is 6.60. The summed E-state index contributed by atoms with van der Waals surface area (Å²) in [4.78, 5) is 12.2. The third-order valence-corrected chi connectivity index (χ3v) is 4.82. The molecule has 3 rings (SSSR count). The van der Waals surface area contributed by atoms with Crippen LogP contribution in [0.15, 0.2) is 52.2 Å². The number of carbonyl (C=O) groups is 1. The number of nitrogens with zero attached hydrogens (tertiary/aromatic N) is 3. The second-order valence-electron chi connectivity index (χ2n) is 5.66. The number of rotatable bonds is 7. The lowest BCUT2D eigenvalue weighted by atomic mass is 10.1. The Kier molecular flexibility index (Phi) is 5.72. The van der Waals surface area contributed by atoms with E-state index in [4.69, 9.17) is 4.42 Å². The molecule has 1 atom stereocenters. The molecule has 2 aromatic heterocycles. The molecular formula is C18H19FN4O2S. The fourth-order valence-electron chi connectivity index (χ4n) is 2.52. The Morgan fingerprint density at radius 2 is 2.08 bits per heavy atom. The first-order valence-electron chi connectivity index (χ1n) is 8.23. The first-order valence-corrected chi connectivity index (χ1v) is 9.21. The largest absolute Gasteiger partial charge is 0.461 e. The number of benzene rings is 1. The van der Waals surface area contributed by atoms with Gasteiger partial charge in [0.25, 0.3) is 0 Å². The molecule has 1 aromatic carbocycles. The third-order valence-electron chi connectivity index (χ3n) is 3.85. The number of halogens is 1. The van der Waals surface area contributed by atoms with Crippen molar-refractivity contribution in [2.45, 2.75) is 31.6 Å². The number of hydrogen-bond acceptors (Lipinski definition) is 5. The van der Waals surface area contributed by atoms with E-state index in [1.54, 1.807) is 24.5 Å². The normalized spacial score (nSPS) is 12.1. The van der Waals surface area contributed by atoms with E-state index in [-0.39, 0.29) is 23.5 Å². The summed E-state index contributed by atoms with van der Waals surface area (Å²) in [5.74, 6) is 1.06. The molecule has 0 fully saturated rings. The smallest absolute Gasteiger partial charge is 0.230 e. The van der Waals surface area contributed by atoms with Gasteiger partial charge in [-0.25, -0.2) is 4.39 Å². The van der Waals surface area contributed by atoms with Crippen LogP contribution in [0, 0.1) is 5.82 Å². The summed E-state index contributed by atoms with van der Waals surface area (Å²) in [6.45, 7) is 4.51. The Morgan fingerprint density at radius 3 is 2.73 bits per heavy atom. The maximum absolute atomic E-state index is 13.0. The summed E-state index contributed by atoms with van der Waals surface area (Å²) < 4.78 is 20.3. The van der Waals surface area contributed by atoms with Crippen LogP contribution in [0.5, 0.6) is 0 Å². The van der Waals surface area contributed by atoms with Crippen molar-refractivity contribution in [3.8, 4) is 11.6 Å². The Bertz CT molecular complexity index is 862. The average Bonchev–Trinajstić information content (AvgIpc) is 3.29. The number of furan rings is 1. The van der Waals surface area contributed by atoms with Gasteiger partial charge in [0.1, 0.15) is 5.82 Å². The highest BCUT2D eigenvalue weighted by molar-refractivity contribution is 7.99. The number of aromatic nitrogens is 3. The standard InChI is InChI=1S/C18H19FN4O2S/c1-3-23-17(15-5-4-10-25-15)21-22-18(23)26-11-16(24)20-12(2)13-6-8-14(19)9-7-13/h4-10,12H,3,11H2,1-2H3,(H,20,24)/t12-/m1/s1. The minimum absolute atomic E-state index is 0.128. The molecule has 136 valence electrons. The fraction of sp³-hybridized carbons (Fsp3) is 0.278. The van der Waals surface area contributed by atoms with Crippen LogP contribution in [0.3, 0.4) is 0 Å². The molecule has 0 saturated carbocycles. The van der Waals surface area contributed by atoms with E-state index in [0.29, 0.717) is 23.3 Å². The lowest BCUT2D eigenvalue weighted by Crippen LogP contribution is -2.28. The van der Waals surface area contributed by atoms with Crippen molar-refractivity contribution in [3.63, 3.8) is 0 Å². The molecule has 0 spiro atoms. The van der Waals surface area contributed by atoms with Crippen LogP contribution in [-0.2, 0) is 11.3 Å². The highest BCUT2D eigenvalue weighted by atomic mass is 32.2. The van der Waals surface area contributed by atoms with E-state index in [1.165, 1.54) is 23.9 Å². The molecule has 6 nitrogen and oxygen atoms in total. The first kappa shape index (κ1) is 18.2. The van der Waals surface area contributed by atoms with Crippen molar-refractivity contribution in [2.24, 2.45) is 0 Å². The molecule has 0 unspecified atom stereocenters. The molecule has 0 aliphatic carbocycles. The van der Waals surface area contributed by atoms with Crippen molar-refractivity contribution < 1.29 is 13.6 Å². The Balaban J connectivity index is 1.60. The molecular weight excluding hydrogens is 355 g/mol. The molecule has 26 heavy (non-hydrogen) atoms. The van der Waals surface area contributed by atoms with Crippen LogP contribution in [0.2, 0.25) is 0 Å². The lowest BCUT2D eigenvalue weighted by molar-refractivity contribution is -0.119. The lowest BCUT2D eigenvalue weighted by Gasteiger charge is -2.14. The number of hydrogen-bond donors (Lipinski definition) is 1. The molecule has 1 amide bonds. The molecule has 0 aliphatic heterocycles. The number of nitrogens with one attached hydrogen (secondary N) is 1. The Hall–Kier alpha value is -2.61. The van der Waals surface area contributed by atoms with Crippen molar-refractivity contribution in [2.75, 3.05) is 5.75 Å². The van der Waals surface area contributed by atoms with Gasteiger partial charge >= 0.3 is 0 Å². The van der Waals surface area contributed by atoms with E-state index in [1.807, 2.05) is 24.5 Å². The van der Waals surface area contributed by atoms with Crippen molar-refractivity contribution in [1.29, 1.82) is 0 Å². The van der Waals surface area contributed by atoms with E-state index >= 15 is 0 Å². The SMILES string of the molecule is CCn1c(SCC(=O)N[C@H](C)c2ccc(F)cc2)nnc1-c1ccco1. The second kappa shape index (κ2) is 8.18. The van der Waals surface area contributed by atoms with Gasteiger partial charge in [-0.15, -0.1) is 10.2 Å².